The number of benzene rings is 2. The van der Waals surface area contributed by atoms with Crippen molar-refractivity contribution in [2.24, 2.45) is 0 Å². The van der Waals surface area contributed by atoms with Crippen LogP contribution in [0.15, 0.2) is 71.9 Å². The fourth-order valence-electron chi connectivity index (χ4n) is 3.04. The Morgan fingerprint density at radius 3 is 2.58 bits per heavy atom. The molecule has 2 aromatic carbocycles. The van der Waals surface area contributed by atoms with Gasteiger partial charge in [0, 0.05) is 35.5 Å². The highest BCUT2D eigenvalue weighted by Gasteiger charge is 2.18. The lowest BCUT2D eigenvalue weighted by molar-refractivity contribution is 0.0958. The van der Waals surface area contributed by atoms with Crippen molar-refractivity contribution in [1.82, 2.24) is 25.5 Å². The molecule has 0 saturated heterocycles. The monoisotopic (exact) mass is 528 g/mol. The molecule has 0 aliphatic carbocycles. The number of hydrogen-bond donors (Lipinski definition) is 2. The average Bonchev–Trinajstić information content (AvgIpc) is 2.89. The minimum Gasteiger partial charge on any atom is -0.457 e. The van der Waals surface area contributed by atoms with Crippen LogP contribution in [0.1, 0.15) is 16.1 Å². The maximum Gasteiger partial charge on any atom is 0.269 e. The standard InChI is InChI=1S/C23H18ClFN6O4S/c1-26-22(32)20-11-17(8-9-27-20)35-16-4-2-14(3-5-16)21-13-28-30-23(29-21)31-36(33,34)18-6-7-19(24)15(10-18)12-25/h2-11,13H,12H2,1H3,(H,26,32)(H,29,30,31). The smallest absolute Gasteiger partial charge is 0.269 e. The molecule has 2 N–H and O–H groups in total. The lowest BCUT2D eigenvalue weighted by atomic mass is 10.1. The molecular formula is C23H18ClFN6O4S. The van der Waals surface area contributed by atoms with E-state index in [1.165, 1.54) is 37.6 Å². The van der Waals surface area contributed by atoms with Crippen LogP contribution in [0.3, 0.4) is 0 Å². The number of nitrogens with zero attached hydrogens (tertiary/aromatic N) is 4. The van der Waals surface area contributed by atoms with Gasteiger partial charge in [0.2, 0.25) is 0 Å². The second kappa shape index (κ2) is 10.6. The van der Waals surface area contributed by atoms with Crippen molar-refractivity contribution < 1.29 is 22.3 Å². The lowest BCUT2D eigenvalue weighted by Gasteiger charge is -2.09. The quantitative estimate of drug-likeness (QED) is 0.350. The highest BCUT2D eigenvalue weighted by Crippen LogP contribution is 2.26. The zero-order valence-corrected chi connectivity index (χ0v) is 20.2. The SMILES string of the molecule is CNC(=O)c1cc(Oc2ccc(-c3cnnc(NS(=O)(=O)c4ccc(Cl)c(CF)c4)n3)cc2)ccn1. The van der Waals surface area contributed by atoms with Gasteiger partial charge in [-0.05, 0) is 48.5 Å². The highest BCUT2D eigenvalue weighted by molar-refractivity contribution is 7.92. The van der Waals surface area contributed by atoms with Crippen molar-refractivity contribution in [2.75, 3.05) is 11.8 Å². The van der Waals surface area contributed by atoms with Gasteiger partial charge in [0.15, 0.2) is 0 Å². The van der Waals surface area contributed by atoms with Gasteiger partial charge < -0.3 is 10.1 Å². The van der Waals surface area contributed by atoms with Gasteiger partial charge in [0.25, 0.3) is 21.9 Å². The number of rotatable bonds is 8. The van der Waals surface area contributed by atoms with Gasteiger partial charge in [-0.25, -0.2) is 22.5 Å². The largest absolute Gasteiger partial charge is 0.457 e. The van der Waals surface area contributed by atoms with Gasteiger partial charge in [-0.1, -0.05) is 11.6 Å². The van der Waals surface area contributed by atoms with E-state index < -0.39 is 16.7 Å². The molecule has 13 heteroatoms. The molecule has 0 aliphatic rings. The van der Waals surface area contributed by atoms with E-state index in [0.717, 1.165) is 6.07 Å². The maximum absolute atomic E-state index is 13.1. The van der Waals surface area contributed by atoms with Crippen LogP contribution >= 0.6 is 11.6 Å². The summed E-state index contributed by atoms with van der Waals surface area (Å²) < 4.78 is 46.5. The van der Waals surface area contributed by atoms with E-state index in [2.05, 4.69) is 30.2 Å². The van der Waals surface area contributed by atoms with E-state index in [0.29, 0.717) is 22.8 Å². The Morgan fingerprint density at radius 2 is 1.86 bits per heavy atom. The fourth-order valence-corrected chi connectivity index (χ4v) is 4.20. The van der Waals surface area contributed by atoms with Crippen LogP contribution in [0.5, 0.6) is 11.5 Å². The lowest BCUT2D eigenvalue weighted by Crippen LogP contribution is -2.18. The highest BCUT2D eigenvalue weighted by atomic mass is 35.5. The third-order valence-corrected chi connectivity index (χ3v) is 6.53. The van der Waals surface area contributed by atoms with Crippen LogP contribution in [0.2, 0.25) is 5.02 Å². The summed E-state index contributed by atoms with van der Waals surface area (Å²) >= 11 is 5.86. The molecule has 2 heterocycles. The first-order valence-electron chi connectivity index (χ1n) is 10.3. The number of hydrogen-bond acceptors (Lipinski definition) is 8. The van der Waals surface area contributed by atoms with Crippen LogP contribution < -0.4 is 14.8 Å². The summed E-state index contributed by atoms with van der Waals surface area (Å²) in [7, 11) is -2.60. The first-order chi connectivity index (χ1) is 17.3. The number of aromatic nitrogens is 4. The third kappa shape index (κ3) is 5.73. The zero-order chi connectivity index (χ0) is 25.7. The molecule has 0 spiro atoms. The van der Waals surface area contributed by atoms with E-state index in [1.54, 1.807) is 30.3 Å². The molecule has 4 aromatic rings. The summed E-state index contributed by atoms with van der Waals surface area (Å²) in [5.41, 5.74) is 1.23. The Bertz CT molecular complexity index is 1520. The van der Waals surface area contributed by atoms with Gasteiger partial charge in [-0.15, -0.1) is 5.10 Å². The molecule has 0 atom stereocenters. The average molecular weight is 529 g/mol. The van der Waals surface area contributed by atoms with E-state index in [-0.39, 0.29) is 33.0 Å². The van der Waals surface area contributed by atoms with Gasteiger partial charge in [-0.2, -0.15) is 5.10 Å². The summed E-state index contributed by atoms with van der Waals surface area (Å²) in [4.78, 5) is 19.8. The van der Waals surface area contributed by atoms with Crippen molar-refractivity contribution >= 4 is 33.5 Å². The van der Waals surface area contributed by atoms with Gasteiger partial charge in [-0.3, -0.25) is 9.78 Å². The second-order valence-electron chi connectivity index (χ2n) is 7.24. The van der Waals surface area contributed by atoms with Crippen molar-refractivity contribution in [3.05, 3.63) is 83.3 Å². The minimum atomic E-state index is -4.11. The first kappa shape index (κ1) is 24.9. The Balaban J connectivity index is 1.51. The van der Waals surface area contributed by atoms with E-state index >= 15 is 0 Å². The summed E-state index contributed by atoms with van der Waals surface area (Å²) in [5, 5.41) is 10.2. The molecule has 1 amide bonds. The molecule has 184 valence electrons. The van der Waals surface area contributed by atoms with Crippen LogP contribution in [0.25, 0.3) is 11.3 Å². The summed E-state index contributed by atoms with van der Waals surface area (Å²) in [5.74, 6) is 0.317. The number of nitrogens with one attached hydrogen (secondary N) is 2. The number of anilines is 1. The maximum atomic E-state index is 13.1. The number of sulfonamides is 1. The van der Waals surface area contributed by atoms with E-state index in [9.17, 15) is 17.6 Å². The third-order valence-electron chi connectivity index (χ3n) is 4.83. The number of carbonyl (C=O) groups is 1. The molecule has 0 radical (unpaired) electrons. The van der Waals surface area contributed by atoms with Crippen molar-refractivity contribution in [1.29, 1.82) is 0 Å². The van der Waals surface area contributed by atoms with Crippen molar-refractivity contribution in [2.45, 2.75) is 11.6 Å². The second-order valence-corrected chi connectivity index (χ2v) is 9.33. The normalized spacial score (nSPS) is 11.1. The molecule has 4 rings (SSSR count). The van der Waals surface area contributed by atoms with Crippen LogP contribution in [-0.4, -0.2) is 41.5 Å². The first-order valence-corrected chi connectivity index (χ1v) is 12.2. The molecular weight excluding hydrogens is 511 g/mol. The molecule has 2 aromatic heterocycles. The Labute approximate surface area is 210 Å². The number of amides is 1. The number of carbonyl (C=O) groups excluding carboxylic acids is 1. The molecule has 36 heavy (non-hydrogen) atoms. The number of ether oxygens (including phenoxy) is 1. The summed E-state index contributed by atoms with van der Waals surface area (Å²) in [6.07, 6.45) is 2.83. The van der Waals surface area contributed by atoms with Gasteiger partial charge in [0.05, 0.1) is 16.8 Å². The van der Waals surface area contributed by atoms with Crippen LogP contribution in [0, 0.1) is 0 Å². The summed E-state index contributed by atoms with van der Waals surface area (Å²) in [6.45, 7) is -0.911. The molecule has 0 bridgehead atoms. The van der Waals surface area contributed by atoms with Crippen LogP contribution in [-0.2, 0) is 16.7 Å². The molecule has 0 aliphatic heterocycles. The number of halogens is 2. The van der Waals surface area contributed by atoms with Crippen molar-refractivity contribution in [3.8, 4) is 22.8 Å². The van der Waals surface area contributed by atoms with Crippen molar-refractivity contribution in [3.63, 3.8) is 0 Å². The van der Waals surface area contributed by atoms with Gasteiger partial charge in [0.1, 0.15) is 23.9 Å². The predicted molar refractivity (Wildman–Crippen MR) is 130 cm³/mol. The molecule has 0 fully saturated rings. The predicted octanol–water partition coefficient (Wildman–Crippen LogP) is 4.01. The Kier molecular flexibility index (Phi) is 7.36. The van der Waals surface area contributed by atoms with Gasteiger partial charge >= 0.3 is 0 Å². The van der Waals surface area contributed by atoms with E-state index in [1.807, 2.05) is 0 Å². The summed E-state index contributed by atoms with van der Waals surface area (Å²) in [6, 6.07) is 13.6. The minimum absolute atomic E-state index is 0.0475. The number of pyridine rings is 1. The molecule has 0 saturated carbocycles. The Morgan fingerprint density at radius 1 is 1.08 bits per heavy atom. The van der Waals surface area contributed by atoms with Crippen LogP contribution in [0.4, 0.5) is 10.3 Å². The fraction of sp³-hybridized carbons (Fsp3) is 0.0870. The number of alkyl halides is 1. The molecule has 10 nitrogen and oxygen atoms in total. The zero-order valence-electron chi connectivity index (χ0n) is 18.6. The molecule has 0 unspecified atom stereocenters. The van der Waals surface area contributed by atoms with E-state index in [4.69, 9.17) is 16.3 Å². The topological polar surface area (TPSA) is 136 Å². The Hall–Kier alpha value is -4.16.